The van der Waals surface area contributed by atoms with Gasteiger partial charge in [0.05, 0.1) is 24.0 Å². The van der Waals surface area contributed by atoms with E-state index in [9.17, 15) is 0 Å². The second kappa shape index (κ2) is 7.64. The molecule has 1 heterocycles. The second-order valence-electron chi connectivity index (χ2n) is 5.43. The predicted molar refractivity (Wildman–Crippen MR) is 92.7 cm³/mol. The highest BCUT2D eigenvalue weighted by atomic mass is 79.9. The maximum absolute atomic E-state index is 6.07. The van der Waals surface area contributed by atoms with Gasteiger partial charge in [-0.2, -0.15) is 0 Å². The molecule has 1 unspecified atom stereocenters. The highest BCUT2D eigenvalue weighted by Gasteiger charge is 2.12. The Labute approximate surface area is 135 Å². The molecule has 2 aromatic rings. The zero-order valence-electron chi connectivity index (χ0n) is 12.7. The largest absolute Gasteiger partial charge is 0.490 e. The van der Waals surface area contributed by atoms with Crippen molar-refractivity contribution in [1.29, 1.82) is 0 Å². The van der Waals surface area contributed by atoms with Crippen molar-refractivity contribution in [3.05, 3.63) is 28.9 Å². The Morgan fingerprint density at radius 3 is 2.86 bits per heavy atom. The van der Waals surface area contributed by atoms with Crippen LogP contribution >= 0.6 is 15.9 Å². The van der Waals surface area contributed by atoms with E-state index in [0.717, 1.165) is 27.5 Å². The zero-order chi connectivity index (χ0) is 15.2. The van der Waals surface area contributed by atoms with Gasteiger partial charge in [0.1, 0.15) is 0 Å². The standard InChI is InChI=1S/C17H23BrN2O/c1-3-5-6-12(4-2)11-21-17-14-9-13(18)7-8-16(14)20-10-15(17)19/h7-10,12H,3-6,11,19H2,1-2H3. The number of ether oxygens (including phenoxy) is 1. The lowest BCUT2D eigenvalue weighted by Crippen LogP contribution is -2.12. The lowest BCUT2D eigenvalue weighted by molar-refractivity contribution is 0.236. The summed E-state index contributed by atoms with van der Waals surface area (Å²) < 4.78 is 7.07. The number of nitrogens with two attached hydrogens (primary N) is 1. The van der Waals surface area contributed by atoms with E-state index in [0.29, 0.717) is 18.2 Å². The maximum Gasteiger partial charge on any atom is 0.153 e. The lowest BCUT2D eigenvalue weighted by atomic mass is 10.0. The van der Waals surface area contributed by atoms with E-state index in [-0.39, 0.29) is 0 Å². The van der Waals surface area contributed by atoms with Crippen LogP contribution in [0.25, 0.3) is 10.9 Å². The molecule has 0 spiro atoms. The minimum Gasteiger partial charge on any atom is -0.490 e. The number of nitrogens with zero attached hydrogens (tertiary/aromatic N) is 1. The van der Waals surface area contributed by atoms with Crippen molar-refractivity contribution >= 4 is 32.5 Å². The van der Waals surface area contributed by atoms with E-state index >= 15 is 0 Å². The van der Waals surface area contributed by atoms with Crippen LogP contribution in [0.1, 0.15) is 39.5 Å². The smallest absolute Gasteiger partial charge is 0.153 e. The van der Waals surface area contributed by atoms with E-state index < -0.39 is 0 Å². The first kappa shape index (κ1) is 16.1. The molecule has 2 rings (SSSR count). The van der Waals surface area contributed by atoms with Crippen LogP contribution in [0.4, 0.5) is 5.69 Å². The van der Waals surface area contributed by atoms with E-state index in [1.54, 1.807) is 6.20 Å². The van der Waals surface area contributed by atoms with Gasteiger partial charge in [0.15, 0.2) is 5.75 Å². The zero-order valence-corrected chi connectivity index (χ0v) is 14.3. The van der Waals surface area contributed by atoms with Crippen LogP contribution < -0.4 is 10.5 Å². The van der Waals surface area contributed by atoms with Gasteiger partial charge in [-0.15, -0.1) is 0 Å². The number of rotatable bonds is 7. The molecule has 21 heavy (non-hydrogen) atoms. The molecule has 1 atom stereocenters. The molecule has 0 saturated heterocycles. The monoisotopic (exact) mass is 350 g/mol. The SMILES string of the molecule is CCCCC(CC)COc1c(N)cnc2ccc(Br)cc12. The molecule has 0 bridgehead atoms. The van der Waals surface area contributed by atoms with Crippen molar-refractivity contribution in [1.82, 2.24) is 4.98 Å². The summed E-state index contributed by atoms with van der Waals surface area (Å²) in [6.45, 7) is 5.15. The number of aromatic nitrogens is 1. The Bertz CT molecular complexity index is 595. The van der Waals surface area contributed by atoms with Crippen molar-refractivity contribution in [2.45, 2.75) is 39.5 Å². The van der Waals surface area contributed by atoms with Crippen molar-refractivity contribution in [2.75, 3.05) is 12.3 Å². The lowest BCUT2D eigenvalue weighted by Gasteiger charge is -2.17. The Morgan fingerprint density at radius 1 is 1.33 bits per heavy atom. The average molecular weight is 351 g/mol. The summed E-state index contributed by atoms with van der Waals surface area (Å²) in [5.41, 5.74) is 7.57. The quantitative estimate of drug-likeness (QED) is 0.748. The van der Waals surface area contributed by atoms with Gasteiger partial charge in [-0.25, -0.2) is 0 Å². The normalized spacial score (nSPS) is 12.5. The number of hydrogen-bond acceptors (Lipinski definition) is 3. The molecule has 0 saturated carbocycles. The third kappa shape index (κ3) is 4.10. The summed E-state index contributed by atoms with van der Waals surface area (Å²) in [6, 6.07) is 5.96. The molecule has 0 amide bonds. The van der Waals surface area contributed by atoms with Crippen LogP contribution in [0.15, 0.2) is 28.9 Å². The van der Waals surface area contributed by atoms with E-state index in [1.807, 2.05) is 18.2 Å². The Hall–Kier alpha value is -1.29. The molecule has 0 radical (unpaired) electrons. The minimum absolute atomic E-state index is 0.583. The number of unbranched alkanes of at least 4 members (excludes halogenated alkanes) is 1. The van der Waals surface area contributed by atoms with Crippen LogP contribution in [0.2, 0.25) is 0 Å². The summed E-state index contributed by atoms with van der Waals surface area (Å²) >= 11 is 3.49. The van der Waals surface area contributed by atoms with Gasteiger partial charge in [-0.1, -0.05) is 49.0 Å². The van der Waals surface area contributed by atoms with Crippen LogP contribution in [0.5, 0.6) is 5.75 Å². The van der Waals surface area contributed by atoms with E-state index in [4.69, 9.17) is 10.5 Å². The summed E-state index contributed by atoms with van der Waals surface area (Å²) in [5.74, 6) is 1.34. The van der Waals surface area contributed by atoms with Crippen molar-refractivity contribution in [3.63, 3.8) is 0 Å². The first-order valence-electron chi connectivity index (χ1n) is 7.62. The summed E-state index contributed by atoms with van der Waals surface area (Å²) in [4.78, 5) is 4.35. The van der Waals surface area contributed by atoms with Crippen molar-refractivity contribution in [2.24, 2.45) is 5.92 Å². The van der Waals surface area contributed by atoms with Gasteiger partial charge in [-0.3, -0.25) is 4.98 Å². The number of nitrogen functional groups attached to an aromatic ring is 1. The molecule has 4 heteroatoms. The topological polar surface area (TPSA) is 48.1 Å². The molecule has 1 aromatic heterocycles. The average Bonchev–Trinajstić information content (AvgIpc) is 2.49. The fourth-order valence-corrected chi connectivity index (χ4v) is 2.78. The van der Waals surface area contributed by atoms with E-state index in [1.165, 1.54) is 19.3 Å². The van der Waals surface area contributed by atoms with Crippen molar-refractivity contribution < 1.29 is 4.74 Å². The molecule has 114 valence electrons. The fourth-order valence-electron chi connectivity index (χ4n) is 2.42. The van der Waals surface area contributed by atoms with Gasteiger partial charge < -0.3 is 10.5 Å². The number of halogens is 1. The number of hydrogen-bond donors (Lipinski definition) is 1. The molecule has 2 N–H and O–H groups in total. The molecule has 1 aromatic carbocycles. The van der Waals surface area contributed by atoms with Gasteiger partial charge in [-0.05, 0) is 30.5 Å². The molecule has 3 nitrogen and oxygen atoms in total. The Balaban J connectivity index is 2.20. The molecule has 0 aliphatic heterocycles. The predicted octanol–water partition coefficient (Wildman–Crippen LogP) is 5.17. The van der Waals surface area contributed by atoms with Gasteiger partial charge in [0.25, 0.3) is 0 Å². The fraction of sp³-hybridized carbons (Fsp3) is 0.471. The van der Waals surface area contributed by atoms with Crippen LogP contribution in [0.3, 0.4) is 0 Å². The molecular formula is C17H23BrN2O. The van der Waals surface area contributed by atoms with Crippen LogP contribution in [-0.4, -0.2) is 11.6 Å². The summed E-state index contributed by atoms with van der Waals surface area (Å²) in [7, 11) is 0. The Kier molecular flexibility index (Phi) is 5.85. The van der Waals surface area contributed by atoms with Crippen molar-refractivity contribution in [3.8, 4) is 5.75 Å². The third-order valence-electron chi connectivity index (χ3n) is 3.81. The summed E-state index contributed by atoms with van der Waals surface area (Å²) in [6.07, 6.45) is 6.49. The highest BCUT2D eigenvalue weighted by molar-refractivity contribution is 9.10. The number of pyridine rings is 1. The molecule has 0 aliphatic rings. The number of benzene rings is 1. The minimum atomic E-state index is 0.583. The number of fused-ring (bicyclic) bond motifs is 1. The van der Waals surface area contributed by atoms with E-state index in [2.05, 4.69) is 34.8 Å². The van der Waals surface area contributed by atoms with Gasteiger partial charge in [0, 0.05) is 9.86 Å². The van der Waals surface area contributed by atoms with Gasteiger partial charge in [0.2, 0.25) is 0 Å². The second-order valence-corrected chi connectivity index (χ2v) is 6.35. The molecular weight excluding hydrogens is 328 g/mol. The number of anilines is 1. The third-order valence-corrected chi connectivity index (χ3v) is 4.31. The summed E-state index contributed by atoms with van der Waals surface area (Å²) in [5, 5.41) is 0.967. The van der Waals surface area contributed by atoms with Crippen LogP contribution in [-0.2, 0) is 0 Å². The Morgan fingerprint density at radius 2 is 2.14 bits per heavy atom. The molecule has 0 aliphatic carbocycles. The maximum atomic E-state index is 6.07. The van der Waals surface area contributed by atoms with Crippen LogP contribution in [0, 0.1) is 5.92 Å². The molecule has 0 fully saturated rings. The first-order valence-corrected chi connectivity index (χ1v) is 8.41. The first-order chi connectivity index (χ1) is 10.2. The highest BCUT2D eigenvalue weighted by Crippen LogP contribution is 2.32. The van der Waals surface area contributed by atoms with Gasteiger partial charge >= 0.3 is 0 Å².